The van der Waals surface area contributed by atoms with Gasteiger partial charge in [-0.1, -0.05) is 6.92 Å². The van der Waals surface area contributed by atoms with Gasteiger partial charge in [-0.25, -0.2) is 0 Å². The molecule has 0 aromatic rings. The van der Waals surface area contributed by atoms with Crippen molar-refractivity contribution in [3.8, 4) is 0 Å². The molecular formula is C12H25NO2. The van der Waals surface area contributed by atoms with Crippen LogP contribution >= 0.6 is 0 Å². The van der Waals surface area contributed by atoms with Gasteiger partial charge in [0, 0.05) is 25.9 Å². The standard InChI is InChI=1S/C12H25NO2/c1-3-7-13-12-6-9-15-10-11(12)5-8-14-4-2/h11-13H,3-10H2,1-2H3. The van der Waals surface area contributed by atoms with E-state index in [0.29, 0.717) is 12.0 Å². The molecular weight excluding hydrogens is 190 g/mol. The third kappa shape index (κ3) is 4.96. The van der Waals surface area contributed by atoms with Crippen LogP contribution in [-0.4, -0.2) is 39.0 Å². The highest BCUT2D eigenvalue weighted by Crippen LogP contribution is 2.18. The van der Waals surface area contributed by atoms with E-state index in [1.807, 2.05) is 6.92 Å². The van der Waals surface area contributed by atoms with Crippen molar-refractivity contribution in [2.45, 2.75) is 39.2 Å². The molecule has 15 heavy (non-hydrogen) atoms. The average Bonchev–Trinajstić information content (AvgIpc) is 2.28. The summed E-state index contributed by atoms with van der Waals surface area (Å²) in [6, 6.07) is 0.638. The largest absolute Gasteiger partial charge is 0.382 e. The lowest BCUT2D eigenvalue weighted by Gasteiger charge is -2.32. The molecule has 90 valence electrons. The molecule has 1 rings (SSSR count). The zero-order chi connectivity index (χ0) is 10.9. The second kappa shape index (κ2) is 8.08. The van der Waals surface area contributed by atoms with Gasteiger partial charge in [0.1, 0.15) is 0 Å². The Balaban J connectivity index is 2.22. The predicted molar refractivity (Wildman–Crippen MR) is 62.1 cm³/mol. The molecule has 0 aromatic heterocycles. The number of nitrogens with one attached hydrogen (secondary N) is 1. The summed E-state index contributed by atoms with van der Waals surface area (Å²) in [5.74, 6) is 0.636. The van der Waals surface area contributed by atoms with Gasteiger partial charge in [-0.2, -0.15) is 0 Å². The molecule has 3 heteroatoms. The fourth-order valence-corrected chi connectivity index (χ4v) is 2.06. The second-order valence-corrected chi connectivity index (χ2v) is 4.17. The fourth-order valence-electron chi connectivity index (χ4n) is 2.06. The van der Waals surface area contributed by atoms with E-state index in [1.165, 1.54) is 6.42 Å². The highest BCUT2D eigenvalue weighted by Gasteiger charge is 2.24. The van der Waals surface area contributed by atoms with Gasteiger partial charge < -0.3 is 14.8 Å². The summed E-state index contributed by atoms with van der Waals surface area (Å²) in [4.78, 5) is 0. The Labute approximate surface area is 93.5 Å². The Kier molecular flexibility index (Phi) is 6.98. The van der Waals surface area contributed by atoms with Crippen LogP contribution < -0.4 is 5.32 Å². The van der Waals surface area contributed by atoms with Gasteiger partial charge in [0.15, 0.2) is 0 Å². The third-order valence-corrected chi connectivity index (χ3v) is 2.97. The molecule has 1 aliphatic rings. The van der Waals surface area contributed by atoms with Gasteiger partial charge in [-0.05, 0) is 38.6 Å². The van der Waals surface area contributed by atoms with E-state index in [9.17, 15) is 0 Å². The molecule has 0 radical (unpaired) electrons. The first-order valence-corrected chi connectivity index (χ1v) is 6.27. The van der Waals surface area contributed by atoms with E-state index >= 15 is 0 Å². The first-order valence-electron chi connectivity index (χ1n) is 6.27. The van der Waals surface area contributed by atoms with Gasteiger partial charge in [0.25, 0.3) is 0 Å². The predicted octanol–water partition coefficient (Wildman–Crippen LogP) is 1.82. The van der Waals surface area contributed by atoms with Crippen molar-refractivity contribution in [2.75, 3.05) is 33.0 Å². The number of hydrogen-bond acceptors (Lipinski definition) is 3. The van der Waals surface area contributed by atoms with Crippen LogP contribution in [0, 0.1) is 5.92 Å². The SMILES string of the molecule is CCCNC1CCOCC1CCOCC. The van der Waals surface area contributed by atoms with Crippen molar-refractivity contribution >= 4 is 0 Å². The molecule has 1 fully saturated rings. The summed E-state index contributed by atoms with van der Waals surface area (Å²) in [5.41, 5.74) is 0. The minimum Gasteiger partial charge on any atom is -0.382 e. The Hall–Kier alpha value is -0.120. The Bertz CT molecular complexity index is 153. The summed E-state index contributed by atoms with van der Waals surface area (Å²) in [5, 5.41) is 3.61. The van der Waals surface area contributed by atoms with E-state index < -0.39 is 0 Å². The lowest BCUT2D eigenvalue weighted by atomic mass is 9.93. The van der Waals surface area contributed by atoms with Gasteiger partial charge in [-0.3, -0.25) is 0 Å². The highest BCUT2D eigenvalue weighted by molar-refractivity contribution is 4.79. The maximum absolute atomic E-state index is 5.53. The third-order valence-electron chi connectivity index (χ3n) is 2.97. The molecule has 1 heterocycles. The zero-order valence-corrected chi connectivity index (χ0v) is 10.1. The Morgan fingerprint density at radius 3 is 3.00 bits per heavy atom. The van der Waals surface area contributed by atoms with Crippen molar-refractivity contribution in [2.24, 2.45) is 5.92 Å². The molecule has 0 spiro atoms. The quantitative estimate of drug-likeness (QED) is 0.657. The molecule has 0 bridgehead atoms. The molecule has 3 nitrogen and oxygen atoms in total. The minimum atomic E-state index is 0.636. The van der Waals surface area contributed by atoms with E-state index in [4.69, 9.17) is 9.47 Å². The van der Waals surface area contributed by atoms with Crippen LogP contribution in [-0.2, 0) is 9.47 Å². The fraction of sp³-hybridized carbons (Fsp3) is 1.00. The molecule has 0 amide bonds. The van der Waals surface area contributed by atoms with Crippen LogP contribution in [0.3, 0.4) is 0 Å². The molecule has 0 saturated carbocycles. The molecule has 0 aliphatic carbocycles. The smallest absolute Gasteiger partial charge is 0.0510 e. The Morgan fingerprint density at radius 1 is 1.40 bits per heavy atom. The number of rotatable bonds is 7. The molecule has 1 saturated heterocycles. The van der Waals surface area contributed by atoms with E-state index in [0.717, 1.165) is 45.8 Å². The molecule has 0 aromatic carbocycles. The van der Waals surface area contributed by atoms with Crippen molar-refractivity contribution < 1.29 is 9.47 Å². The van der Waals surface area contributed by atoms with E-state index in [-0.39, 0.29) is 0 Å². The normalized spacial score (nSPS) is 26.8. The summed E-state index contributed by atoms with van der Waals surface area (Å²) < 4.78 is 10.9. The molecule has 1 N–H and O–H groups in total. The Morgan fingerprint density at radius 2 is 2.27 bits per heavy atom. The van der Waals surface area contributed by atoms with Crippen LogP contribution in [0.5, 0.6) is 0 Å². The maximum Gasteiger partial charge on any atom is 0.0510 e. The van der Waals surface area contributed by atoms with Crippen LogP contribution in [0.15, 0.2) is 0 Å². The monoisotopic (exact) mass is 215 g/mol. The van der Waals surface area contributed by atoms with E-state index in [2.05, 4.69) is 12.2 Å². The zero-order valence-electron chi connectivity index (χ0n) is 10.1. The van der Waals surface area contributed by atoms with Gasteiger partial charge >= 0.3 is 0 Å². The van der Waals surface area contributed by atoms with E-state index in [1.54, 1.807) is 0 Å². The number of hydrogen-bond donors (Lipinski definition) is 1. The summed E-state index contributed by atoms with van der Waals surface area (Å²) in [6.07, 6.45) is 3.47. The van der Waals surface area contributed by atoms with Crippen LogP contribution in [0.1, 0.15) is 33.1 Å². The van der Waals surface area contributed by atoms with Gasteiger partial charge in [0.2, 0.25) is 0 Å². The number of ether oxygens (including phenoxy) is 2. The molecule has 2 unspecified atom stereocenters. The first-order chi connectivity index (χ1) is 7.38. The molecule has 2 atom stereocenters. The second-order valence-electron chi connectivity index (χ2n) is 4.17. The highest BCUT2D eigenvalue weighted by atomic mass is 16.5. The summed E-state index contributed by atoms with van der Waals surface area (Å²) >= 11 is 0. The van der Waals surface area contributed by atoms with Gasteiger partial charge in [0.05, 0.1) is 6.61 Å². The average molecular weight is 215 g/mol. The maximum atomic E-state index is 5.53. The molecule has 1 aliphatic heterocycles. The lowest BCUT2D eigenvalue weighted by molar-refractivity contribution is 0.0151. The van der Waals surface area contributed by atoms with Crippen molar-refractivity contribution in [3.63, 3.8) is 0 Å². The summed E-state index contributed by atoms with van der Waals surface area (Å²) in [6.45, 7) is 8.87. The van der Waals surface area contributed by atoms with Crippen LogP contribution in [0.2, 0.25) is 0 Å². The van der Waals surface area contributed by atoms with Crippen molar-refractivity contribution in [1.82, 2.24) is 5.32 Å². The van der Waals surface area contributed by atoms with Crippen LogP contribution in [0.25, 0.3) is 0 Å². The minimum absolute atomic E-state index is 0.636. The topological polar surface area (TPSA) is 30.5 Å². The first kappa shape index (κ1) is 12.9. The lowest BCUT2D eigenvalue weighted by Crippen LogP contribution is -2.43. The van der Waals surface area contributed by atoms with Crippen LogP contribution in [0.4, 0.5) is 0 Å². The van der Waals surface area contributed by atoms with Crippen molar-refractivity contribution in [3.05, 3.63) is 0 Å². The van der Waals surface area contributed by atoms with Crippen molar-refractivity contribution in [1.29, 1.82) is 0 Å². The van der Waals surface area contributed by atoms with Gasteiger partial charge in [-0.15, -0.1) is 0 Å². The summed E-state index contributed by atoms with van der Waals surface area (Å²) in [7, 11) is 0.